The van der Waals surface area contributed by atoms with Gasteiger partial charge in [-0.3, -0.25) is 0 Å². The highest BCUT2D eigenvalue weighted by Gasteiger charge is 2.49. The maximum Gasteiger partial charge on any atom is 0.153 e. The van der Waals surface area contributed by atoms with Gasteiger partial charge in [0, 0.05) is 5.15 Å². The quantitative estimate of drug-likeness (QED) is 0.459. The molecule has 6 heteroatoms. The van der Waals surface area contributed by atoms with E-state index < -0.39 is 32.9 Å². The zero-order valence-corrected chi connectivity index (χ0v) is 7.95. The van der Waals surface area contributed by atoms with E-state index in [1.54, 1.807) is 14.8 Å². The summed E-state index contributed by atoms with van der Waals surface area (Å²) in [6.45, 7) is 1.20. The molecular weight excluding hydrogens is 179 g/mol. The Balaban J connectivity index is 3.05. The highest BCUT2D eigenvalue weighted by Crippen LogP contribution is 2.30. The van der Waals surface area contributed by atoms with Crippen LogP contribution in [0.2, 0.25) is 0 Å². The second kappa shape index (κ2) is 3.01. The van der Waals surface area contributed by atoms with Crippen LogP contribution in [0.25, 0.3) is 0 Å². The van der Waals surface area contributed by atoms with Crippen LogP contribution in [0.5, 0.6) is 0 Å². The molecule has 12 heavy (non-hydrogen) atoms. The molecule has 1 aliphatic heterocycles. The van der Waals surface area contributed by atoms with Gasteiger partial charge in [-0.1, -0.05) is 6.92 Å². The second-order valence-electron chi connectivity index (χ2n) is 3.36. The molecule has 0 spiro atoms. The number of hydrogen-bond acceptors (Lipinski definition) is 4. The van der Waals surface area contributed by atoms with Crippen LogP contribution in [0.15, 0.2) is 0 Å². The molecule has 0 aliphatic carbocycles. The van der Waals surface area contributed by atoms with Gasteiger partial charge in [0.15, 0.2) is 9.84 Å². The molecule has 1 aliphatic rings. The number of aliphatic hydroxyl groups is 2. The average Bonchev–Trinajstić information content (AvgIpc) is 2.13. The van der Waals surface area contributed by atoms with Gasteiger partial charge in [0.05, 0.1) is 12.7 Å². The monoisotopic (exact) mass is 192 g/mol. The molecule has 0 aromatic carbocycles. The molecule has 70 valence electrons. The van der Waals surface area contributed by atoms with E-state index in [9.17, 15) is 13.5 Å². The molecule has 2 N–H and O–H groups in total. The minimum Gasteiger partial charge on any atom is -0.395 e. The van der Waals surface area contributed by atoms with E-state index in [-0.39, 0.29) is 5.92 Å². The Bertz CT molecular complexity index is 263. The van der Waals surface area contributed by atoms with Crippen LogP contribution in [0.4, 0.5) is 0 Å². The fourth-order valence-corrected chi connectivity index (χ4v) is 3.75. The first-order valence-electron chi connectivity index (χ1n) is 3.94. The molecule has 1 heterocycles. The van der Waals surface area contributed by atoms with E-state index in [0.717, 1.165) is 0 Å². The zero-order valence-electron chi connectivity index (χ0n) is 7.14. The van der Waals surface area contributed by atoms with Crippen molar-refractivity contribution in [1.29, 1.82) is 0 Å². The van der Waals surface area contributed by atoms with Gasteiger partial charge < -0.3 is 10.2 Å². The van der Waals surface area contributed by atoms with Crippen LogP contribution in [-0.2, 0) is 9.84 Å². The molecule has 1 rings (SSSR count). The molecule has 0 saturated carbocycles. The van der Waals surface area contributed by atoms with Crippen LogP contribution < -0.4 is 0 Å². The third-order valence-corrected chi connectivity index (χ3v) is 5.52. The highest BCUT2D eigenvalue weighted by atomic mass is 32.2. The Hall–Kier alpha value is -0.0651. The molecule has 1 unspecified atom stereocenters. The van der Waals surface area contributed by atoms with E-state index in [0.29, 0.717) is 0 Å². The molecule has 0 amide bonds. The standard InChI is InChI=1S/C6H13BO4S/c1-3-5(9)4(2-8)12(10,11)6(3)7/h3-6,8-9H,2,7H2,1H3/t3-,4+,5?,6+/m0/s1. The Labute approximate surface area is 72.9 Å². The predicted octanol–water partition coefficient (Wildman–Crippen LogP) is -2.27. The van der Waals surface area contributed by atoms with Crippen molar-refractivity contribution in [3.8, 4) is 0 Å². The van der Waals surface area contributed by atoms with E-state index in [4.69, 9.17) is 5.11 Å². The first kappa shape index (κ1) is 10.0. The number of rotatable bonds is 1. The lowest BCUT2D eigenvalue weighted by Gasteiger charge is -2.11. The van der Waals surface area contributed by atoms with Gasteiger partial charge in [-0.05, 0) is 5.92 Å². The normalized spacial score (nSPS) is 46.2. The van der Waals surface area contributed by atoms with Crippen LogP contribution in [0, 0.1) is 5.92 Å². The molecule has 1 fully saturated rings. The highest BCUT2D eigenvalue weighted by molar-refractivity contribution is 7.94. The maximum atomic E-state index is 11.4. The summed E-state index contributed by atoms with van der Waals surface area (Å²) in [5.41, 5.74) is 0. The Morgan fingerprint density at radius 2 is 2.00 bits per heavy atom. The molecule has 0 aromatic rings. The van der Waals surface area contributed by atoms with Gasteiger partial charge in [0.2, 0.25) is 0 Å². The lowest BCUT2D eigenvalue weighted by Crippen LogP contribution is -2.31. The van der Waals surface area contributed by atoms with Crippen LogP contribution in [0.1, 0.15) is 6.92 Å². The number of hydrogen-bond donors (Lipinski definition) is 2. The van der Waals surface area contributed by atoms with Gasteiger partial charge in [-0.15, -0.1) is 0 Å². The van der Waals surface area contributed by atoms with Crippen molar-refractivity contribution >= 4 is 17.7 Å². The number of sulfone groups is 1. The van der Waals surface area contributed by atoms with Gasteiger partial charge in [0.1, 0.15) is 13.1 Å². The lowest BCUT2D eigenvalue weighted by atomic mass is 9.87. The fraction of sp³-hybridized carbons (Fsp3) is 1.00. The summed E-state index contributed by atoms with van der Waals surface area (Å²) < 4.78 is 22.8. The predicted molar refractivity (Wildman–Crippen MR) is 47.3 cm³/mol. The summed E-state index contributed by atoms with van der Waals surface area (Å²) in [6, 6.07) is 0. The largest absolute Gasteiger partial charge is 0.395 e. The third-order valence-electron chi connectivity index (χ3n) is 2.78. The van der Waals surface area contributed by atoms with Crippen molar-refractivity contribution in [2.45, 2.75) is 23.4 Å². The molecule has 1 saturated heterocycles. The van der Waals surface area contributed by atoms with Crippen molar-refractivity contribution in [2.75, 3.05) is 6.61 Å². The van der Waals surface area contributed by atoms with E-state index in [1.165, 1.54) is 0 Å². The van der Waals surface area contributed by atoms with Crippen molar-refractivity contribution in [1.82, 2.24) is 0 Å². The van der Waals surface area contributed by atoms with Gasteiger partial charge in [0.25, 0.3) is 0 Å². The molecule has 4 nitrogen and oxygen atoms in total. The van der Waals surface area contributed by atoms with Crippen molar-refractivity contribution in [3.05, 3.63) is 0 Å². The van der Waals surface area contributed by atoms with Crippen LogP contribution in [-0.4, -0.2) is 49.6 Å². The summed E-state index contributed by atoms with van der Waals surface area (Å²) >= 11 is 0. The third kappa shape index (κ3) is 1.18. The summed E-state index contributed by atoms with van der Waals surface area (Å²) in [4.78, 5) is 0. The van der Waals surface area contributed by atoms with Crippen molar-refractivity contribution in [2.24, 2.45) is 5.92 Å². The molecule has 0 aromatic heterocycles. The first-order chi connectivity index (χ1) is 5.42. The molecular formula is C6H13BO4S. The Morgan fingerprint density at radius 3 is 2.17 bits per heavy atom. The first-order valence-corrected chi connectivity index (χ1v) is 5.55. The maximum absolute atomic E-state index is 11.4. The smallest absolute Gasteiger partial charge is 0.153 e. The topological polar surface area (TPSA) is 74.6 Å². The summed E-state index contributed by atoms with van der Waals surface area (Å²) in [7, 11) is -1.75. The molecule has 4 atom stereocenters. The zero-order chi connectivity index (χ0) is 9.52. The van der Waals surface area contributed by atoms with Gasteiger partial charge in [-0.2, -0.15) is 0 Å². The molecule has 0 radical (unpaired) electrons. The fourth-order valence-electron chi connectivity index (χ4n) is 1.60. The second-order valence-corrected chi connectivity index (χ2v) is 5.89. The molecule has 0 bridgehead atoms. The van der Waals surface area contributed by atoms with E-state index in [2.05, 4.69) is 0 Å². The summed E-state index contributed by atoms with van der Waals surface area (Å²) in [6.07, 6.45) is -0.921. The summed E-state index contributed by atoms with van der Waals surface area (Å²) in [5, 5.41) is 16.7. The van der Waals surface area contributed by atoms with Crippen molar-refractivity contribution < 1.29 is 18.6 Å². The minimum atomic E-state index is -3.31. The Morgan fingerprint density at radius 1 is 1.50 bits per heavy atom. The minimum absolute atomic E-state index is 0.285. The van der Waals surface area contributed by atoms with Crippen LogP contribution in [0.3, 0.4) is 0 Å². The SMILES string of the molecule is B[C@H]1[C@@H](C)C(O)[C@@H](CO)S1(=O)=O. The van der Waals surface area contributed by atoms with Gasteiger partial charge in [-0.25, -0.2) is 8.42 Å². The van der Waals surface area contributed by atoms with Gasteiger partial charge >= 0.3 is 0 Å². The van der Waals surface area contributed by atoms with Crippen LogP contribution >= 0.6 is 0 Å². The van der Waals surface area contributed by atoms with E-state index >= 15 is 0 Å². The Kier molecular flexibility index (Phi) is 2.51. The average molecular weight is 192 g/mol. The summed E-state index contributed by atoms with van der Waals surface area (Å²) in [5.74, 6) is -0.285. The van der Waals surface area contributed by atoms with E-state index in [1.807, 2.05) is 0 Å². The van der Waals surface area contributed by atoms with Crippen molar-refractivity contribution in [3.63, 3.8) is 0 Å². The lowest BCUT2D eigenvalue weighted by molar-refractivity contribution is 0.108. The number of aliphatic hydroxyl groups excluding tert-OH is 2.